The predicted octanol–water partition coefficient (Wildman–Crippen LogP) is -24.7. The number of carbonyl (C=O) groups excluding carboxylic acids is 2. The summed E-state index contributed by atoms with van der Waals surface area (Å²) in [5.41, 5.74) is 0. The summed E-state index contributed by atoms with van der Waals surface area (Å²) in [7, 11) is 0. The molecule has 0 spiro atoms. The van der Waals surface area contributed by atoms with Gasteiger partial charge in [-0.25, -0.2) is 0 Å². The van der Waals surface area contributed by atoms with Crippen LogP contribution in [0.3, 0.4) is 0 Å². The van der Waals surface area contributed by atoms with Crippen molar-refractivity contribution >= 4 is 11.8 Å². The maximum atomic E-state index is 13.0. The molecule has 11 aliphatic rings. The summed E-state index contributed by atoms with van der Waals surface area (Å²) in [5.74, 6) is -1.77. The van der Waals surface area contributed by atoms with E-state index in [9.17, 15) is 178 Å². The molecule has 0 aromatic carbocycles. The van der Waals surface area contributed by atoms with Crippen molar-refractivity contribution in [2.45, 2.75) is 351 Å². The van der Waals surface area contributed by atoms with Crippen LogP contribution in [0.4, 0.5) is 0 Å². The first-order chi connectivity index (χ1) is 60.7. The van der Waals surface area contributed by atoms with Gasteiger partial charge in [0.2, 0.25) is 11.8 Å². The summed E-state index contributed by atoms with van der Waals surface area (Å²) >= 11 is 0. The monoisotopic (exact) mass is 1880 g/mol. The Balaban J connectivity index is 0.880. The molecule has 128 heavy (non-hydrogen) atoms. The minimum Gasteiger partial charge on any atom is -0.394 e. The molecule has 0 aromatic rings. The summed E-state index contributed by atoms with van der Waals surface area (Å²) in [6, 6.07) is -3.63. The maximum absolute atomic E-state index is 13.0. The third kappa shape index (κ3) is 22.3. The lowest BCUT2D eigenvalue weighted by molar-refractivity contribution is -0.413. The van der Waals surface area contributed by atoms with Gasteiger partial charge >= 0.3 is 0 Å². The van der Waals surface area contributed by atoms with E-state index in [0.717, 1.165) is 13.8 Å². The van der Waals surface area contributed by atoms with Gasteiger partial charge in [0.25, 0.3) is 0 Å². The molecule has 11 rings (SSSR count). The van der Waals surface area contributed by atoms with E-state index in [1.165, 1.54) is 0 Å². The van der Waals surface area contributed by atoms with E-state index in [1.54, 1.807) is 0 Å². The summed E-state index contributed by atoms with van der Waals surface area (Å²) in [4.78, 5) is 25.2. The zero-order chi connectivity index (χ0) is 94.0. The quantitative estimate of drug-likeness (QED) is 0.0290. The van der Waals surface area contributed by atoms with E-state index in [-0.39, 0.29) is 0 Å². The number of amides is 2. The van der Waals surface area contributed by atoms with Crippen LogP contribution in [0.5, 0.6) is 0 Å². The largest absolute Gasteiger partial charge is 0.394 e. The molecule has 0 aromatic heterocycles. The lowest BCUT2D eigenvalue weighted by atomic mass is 9.94. The smallest absolute Gasteiger partial charge is 0.217 e. The van der Waals surface area contributed by atoms with Gasteiger partial charge in [-0.3, -0.25) is 9.59 Å². The van der Waals surface area contributed by atoms with Crippen LogP contribution in [0.2, 0.25) is 0 Å². The zero-order valence-corrected chi connectivity index (χ0v) is 67.7. The van der Waals surface area contributed by atoms with Gasteiger partial charge in [0, 0.05) is 13.8 Å². The Morgan fingerprint density at radius 3 is 0.758 bits per heavy atom. The molecule has 11 saturated heterocycles. The molecule has 0 bridgehead atoms. The molecule has 11 fully saturated rings. The Morgan fingerprint density at radius 2 is 0.422 bits per heavy atom. The third-order valence-electron chi connectivity index (χ3n) is 23.8. The standard InChI is InChI=1S/C70H118N2O56/c1-14(83)71-27-38(94)51(24(11-81)109-60(27)107)120-61-28(72-15(2)84)39(95)52(25(12-82)118-61)121-67-50(106)56(37(93)26(119-67)13-108-62-47(103)53(34(90)21(8-78)110-62)122-63-45(101)40(96)29(85)16(3-73)111-63)125-69-59(44(100)33(89)19(6-76)116-69)128-70-58(43(99)32(88)20(7-77)117-70)127-66-48(104)54(35(91)22(9-79)114-66)123-65-49(105)55(36(92)23(10-80)113-65)124-68-57(42(98)31(87)18(5-75)115-68)126-64-46(102)41(97)30(86)17(4-74)112-64/h16-70,73-82,85-107H,3-13H2,1-2H3,(H,71,83)(H,72,84)/t16-,17-,18-,19-,20-,21-,22-,23-,24-,25-,26-,27-,28-,29-,30-,31-,32-,33-,34-,35-,36-,37-,38-,39-,40+,41+,42+,43+,44+,45+,46-,47+,48+,49-,50+,51-,52-,53+,54+,55+,56+,57-,58+,59+,60-,61+,62+,63-,64-,65-,66-,67+,68-,69-,70-/m1/s1. The Bertz CT molecular complexity index is 3390. The summed E-state index contributed by atoms with van der Waals surface area (Å²) in [5, 5.41) is 372. The van der Waals surface area contributed by atoms with Gasteiger partial charge in [-0.15, -0.1) is 0 Å². The number of aliphatic hydroxyl groups excluding tert-OH is 33. The summed E-state index contributed by atoms with van der Waals surface area (Å²) < 4.78 is 123. The lowest BCUT2D eigenvalue weighted by Gasteiger charge is -2.51. The van der Waals surface area contributed by atoms with Crippen molar-refractivity contribution in [1.29, 1.82) is 0 Å². The molecular weight excluding hydrogens is 1760 g/mol. The maximum Gasteiger partial charge on any atom is 0.217 e. The molecule has 35 N–H and O–H groups in total. The molecule has 2 amide bonds. The molecule has 0 saturated carbocycles. The first-order valence-corrected chi connectivity index (χ1v) is 40.7. The lowest BCUT2D eigenvalue weighted by Crippen LogP contribution is -2.70. The molecule has 58 nitrogen and oxygen atoms in total. The highest BCUT2D eigenvalue weighted by molar-refractivity contribution is 5.73. The molecule has 11 aliphatic heterocycles. The second-order valence-electron chi connectivity index (χ2n) is 32.3. The van der Waals surface area contributed by atoms with Gasteiger partial charge < -0.3 is 279 Å². The van der Waals surface area contributed by atoms with Crippen LogP contribution in [-0.4, -0.2) is 591 Å². The first-order valence-electron chi connectivity index (χ1n) is 40.7. The molecule has 0 aliphatic carbocycles. The van der Waals surface area contributed by atoms with Crippen LogP contribution in [0.25, 0.3) is 0 Å². The predicted molar refractivity (Wildman–Crippen MR) is 386 cm³/mol. The number of rotatable bonds is 33. The third-order valence-corrected chi connectivity index (χ3v) is 23.8. The topological polar surface area (TPSA) is 920 Å². The van der Waals surface area contributed by atoms with E-state index in [1.807, 2.05) is 0 Å². The minimum atomic E-state index is -2.64. The van der Waals surface area contributed by atoms with Crippen LogP contribution >= 0.6 is 0 Å². The van der Waals surface area contributed by atoms with Crippen LogP contribution < -0.4 is 10.6 Å². The molecule has 55 atom stereocenters. The molecule has 0 unspecified atom stereocenters. The summed E-state index contributed by atoms with van der Waals surface area (Å²) in [6.07, 6.45) is -116. The Morgan fingerprint density at radius 1 is 0.203 bits per heavy atom. The van der Waals surface area contributed by atoms with Crippen LogP contribution in [-0.2, 0) is 109 Å². The average Bonchev–Trinajstić information content (AvgIpc) is 0.425. The molecule has 744 valence electrons. The van der Waals surface area contributed by atoms with Gasteiger partial charge in [-0.1, -0.05) is 0 Å². The van der Waals surface area contributed by atoms with Gasteiger partial charge in [-0.2, -0.15) is 0 Å². The van der Waals surface area contributed by atoms with E-state index in [4.69, 9.17) is 99.5 Å². The van der Waals surface area contributed by atoms with Crippen LogP contribution in [0.15, 0.2) is 0 Å². The van der Waals surface area contributed by atoms with Crippen molar-refractivity contribution in [3.63, 3.8) is 0 Å². The van der Waals surface area contributed by atoms with Crippen LogP contribution in [0.1, 0.15) is 13.8 Å². The second kappa shape index (κ2) is 45.8. The van der Waals surface area contributed by atoms with E-state index in [2.05, 4.69) is 10.6 Å². The first kappa shape index (κ1) is 105. The molecule has 58 heteroatoms. The summed E-state index contributed by atoms with van der Waals surface area (Å²) in [6.45, 7) is -10.7. The minimum absolute atomic E-state index is 0.806. The highest BCUT2D eigenvalue weighted by Gasteiger charge is 2.63. The van der Waals surface area contributed by atoms with Crippen molar-refractivity contribution in [1.82, 2.24) is 10.6 Å². The fourth-order valence-corrected chi connectivity index (χ4v) is 16.6. The normalized spacial score (nSPS) is 51.7. The van der Waals surface area contributed by atoms with Crippen molar-refractivity contribution in [3.05, 3.63) is 0 Å². The number of ether oxygens (including phenoxy) is 21. The van der Waals surface area contributed by atoms with Gasteiger partial charge in [-0.05, 0) is 0 Å². The zero-order valence-electron chi connectivity index (χ0n) is 67.7. The Labute approximate surface area is 722 Å². The van der Waals surface area contributed by atoms with Gasteiger partial charge in [0.1, 0.15) is 268 Å². The highest BCUT2D eigenvalue weighted by atomic mass is 16.8. The molecule has 11 heterocycles. The highest BCUT2D eigenvalue weighted by Crippen LogP contribution is 2.42. The number of carbonyl (C=O) groups is 2. The number of nitrogens with one attached hydrogen (secondary N) is 2. The number of aliphatic hydroxyl groups is 33. The van der Waals surface area contributed by atoms with E-state index < -0.39 is 422 Å². The Kier molecular flexibility index (Phi) is 37.7. The second-order valence-corrected chi connectivity index (χ2v) is 32.3. The van der Waals surface area contributed by atoms with E-state index in [0.29, 0.717) is 0 Å². The number of hydrogen-bond acceptors (Lipinski definition) is 56. The van der Waals surface area contributed by atoms with Crippen molar-refractivity contribution in [2.75, 3.05) is 72.7 Å². The van der Waals surface area contributed by atoms with Gasteiger partial charge in [0.15, 0.2) is 69.2 Å². The molecule has 0 radical (unpaired) electrons. The number of hydrogen-bond donors (Lipinski definition) is 35. The fourth-order valence-electron chi connectivity index (χ4n) is 16.6. The fraction of sp³-hybridized carbons (Fsp3) is 0.971. The SMILES string of the molecule is CC(=O)N[C@@H]1[C@@H](O)[C@H](O[C@@H]2O[C@H](CO)[C@@H](O[C@@H]3O[C@H](CO[C@H]4O[C@H](CO)[C@@H](O)[C@H](O[C@H]5O[C@H](CO)[C@@H](O)[C@H](O)[C@@H]5O)[C@@H]4O)[C@@H](O)[C@H](O[C@H]4O[C@H](CO)[C@@H](O)[C@H](O)[C@@H]4O[C@H]4O[C@H](CO)[C@@H](O)[C@H](O)[C@@H]4O[C@H]4O[C@H](CO)[C@@H](O)[C@H](O[C@H]5O[C@H](CO)[C@@H](O)[C@H](O[C@H]6O[C@H](CO)[C@@H](O)[C@H](O)[C@H]6O[C@H]6O[C@H](CO)[C@@H](O)[C@H](O)[C@H]6O)[C@H]5O)[C@@H]4O)[C@@H]3O)[C@H](O)[C@H]2NC(C)=O)[C@@H](CO)O[C@H]1O. The van der Waals surface area contributed by atoms with Crippen molar-refractivity contribution in [3.8, 4) is 0 Å². The van der Waals surface area contributed by atoms with Gasteiger partial charge in [0.05, 0.1) is 72.7 Å². The van der Waals surface area contributed by atoms with E-state index >= 15 is 0 Å². The molecular formula is C70H118N2O56. The Hall–Kier alpha value is -3.22. The van der Waals surface area contributed by atoms with Crippen LogP contribution in [0, 0.1) is 0 Å². The van der Waals surface area contributed by atoms with Crippen molar-refractivity contribution < 1.29 is 278 Å². The van der Waals surface area contributed by atoms with Crippen molar-refractivity contribution in [2.24, 2.45) is 0 Å². The average molecular weight is 1880 g/mol.